The largest absolute Gasteiger partial charge is 0.352 e. The smallest absolute Gasteiger partial charge is 0.320 e. The lowest BCUT2D eigenvalue weighted by atomic mass is 10.1. The highest BCUT2D eigenvalue weighted by molar-refractivity contribution is 5.91. The average molecular weight is 383 g/mol. The molecule has 0 radical (unpaired) electrons. The zero-order valence-corrected chi connectivity index (χ0v) is 16.1. The first-order chi connectivity index (χ1) is 13.4. The number of imidazole rings is 1. The van der Waals surface area contributed by atoms with Crippen LogP contribution < -0.4 is 5.32 Å². The van der Waals surface area contributed by atoms with Gasteiger partial charge in [0.2, 0.25) is 5.91 Å². The van der Waals surface area contributed by atoms with Crippen molar-refractivity contribution in [2.75, 3.05) is 6.54 Å². The molecule has 1 amide bonds. The van der Waals surface area contributed by atoms with E-state index in [1.54, 1.807) is 37.3 Å². The van der Waals surface area contributed by atoms with Crippen LogP contribution in [0.15, 0.2) is 48.5 Å². The first-order valence-corrected chi connectivity index (χ1v) is 9.15. The van der Waals surface area contributed by atoms with Crippen molar-refractivity contribution in [3.05, 3.63) is 71.1 Å². The number of hydrogen-bond donors (Lipinski definition) is 1. The maximum absolute atomic E-state index is 13.5. The van der Waals surface area contributed by atoms with E-state index < -0.39 is 6.55 Å². The summed E-state index contributed by atoms with van der Waals surface area (Å²) in [5.74, 6) is -0.374. The Hall–Kier alpha value is -3.02. The fraction of sp³-hybridized carbons (Fsp3) is 0.273. The summed E-state index contributed by atoms with van der Waals surface area (Å²) in [6.45, 7) is 3.30. The lowest BCUT2D eigenvalue weighted by Gasteiger charge is -2.14. The Morgan fingerprint density at radius 1 is 1.21 bits per heavy atom. The monoisotopic (exact) mass is 383 g/mol. The Labute approximate surface area is 162 Å². The molecule has 0 spiro atoms. The molecule has 3 rings (SSSR count). The molecule has 3 aromatic rings. The van der Waals surface area contributed by atoms with Gasteiger partial charge in [0.25, 0.3) is 0 Å². The van der Waals surface area contributed by atoms with Gasteiger partial charge >= 0.3 is 6.55 Å². The average Bonchev–Trinajstić information content (AvgIpc) is 3.05. The fourth-order valence-corrected chi connectivity index (χ4v) is 3.20. The summed E-state index contributed by atoms with van der Waals surface area (Å²) in [4.78, 5) is 16.5. The van der Waals surface area contributed by atoms with E-state index in [-0.39, 0.29) is 24.2 Å². The molecular formula is C22H23F2N3O. The Morgan fingerprint density at radius 3 is 2.68 bits per heavy atom. The third-order valence-corrected chi connectivity index (χ3v) is 4.68. The van der Waals surface area contributed by atoms with E-state index >= 15 is 0 Å². The van der Waals surface area contributed by atoms with Gasteiger partial charge in [0.05, 0.1) is 11.0 Å². The number of fused-ring (bicyclic) bond motifs is 1. The minimum absolute atomic E-state index is 0.214. The first-order valence-electron chi connectivity index (χ1n) is 9.15. The van der Waals surface area contributed by atoms with Crippen LogP contribution in [-0.2, 0) is 4.79 Å². The molecule has 0 bridgehead atoms. The Morgan fingerprint density at radius 2 is 1.96 bits per heavy atom. The molecule has 0 aliphatic heterocycles. The molecule has 1 atom stereocenters. The predicted molar refractivity (Wildman–Crippen MR) is 107 cm³/mol. The summed E-state index contributed by atoms with van der Waals surface area (Å²) in [6.07, 6.45) is 3.21. The molecule has 0 aliphatic carbocycles. The number of nitrogens with one attached hydrogen (secondary N) is 1. The Kier molecular flexibility index (Phi) is 5.87. The zero-order valence-electron chi connectivity index (χ0n) is 16.1. The van der Waals surface area contributed by atoms with E-state index in [0.29, 0.717) is 11.0 Å². The number of carbonyl (C=O) groups excluding carboxylic acids is 1. The number of nitrogens with zero attached hydrogens (tertiary/aromatic N) is 2. The van der Waals surface area contributed by atoms with Crippen molar-refractivity contribution in [1.29, 1.82) is 0 Å². The van der Waals surface area contributed by atoms with Crippen LogP contribution in [0.25, 0.3) is 17.1 Å². The second-order valence-electron chi connectivity index (χ2n) is 6.95. The van der Waals surface area contributed by atoms with Crippen LogP contribution in [0.1, 0.15) is 41.9 Å². The lowest BCUT2D eigenvalue weighted by Crippen LogP contribution is -2.27. The number of rotatable bonds is 6. The van der Waals surface area contributed by atoms with Gasteiger partial charge in [-0.2, -0.15) is 8.78 Å². The number of aryl methyl sites for hydroxylation is 2. The van der Waals surface area contributed by atoms with Crippen molar-refractivity contribution in [1.82, 2.24) is 14.9 Å². The maximum atomic E-state index is 13.5. The molecule has 0 saturated heterocycles. The lowest BCUT2D eigenvalue weighted by molar-refractivity contribution is -0.116. The molecule has 28 heavy (non-hydrogen) atoms. The van der Waals surface area contributed by atoms with Crippen LogP contribution in [0.5, 0.6) is 0 Å². The molecule has 0 fully saturated rings. The van der Waals surface area contributed by atoms with Crippen molar-refractivity contribution >= 4 is 23.0 Å². The number of alkyl halides is 2. The summed E-state index contributed by atoms with van der Waals surface area (Å²) in [6, 6.07) is 12.8. The number of benzene rings is 2. The van der Waals surface area contributed by atoms with Crippen LogP contribution in [-0.4, -0.2) is 22.0 Å². The number of halogens is 2. The maximum Gasteiger partial charge on any atom is 0.320 e. The quantitative estimate of drug-likeness (QED) is 0.610. The van der Waals surface area contributed by atoms with Gasteiger partial charge in [-0.05, 0) is 43.2 Å². The molecule has 1 N–H and O–H groups in total. The predicted octanol–water partition coefficient (Wildman–Crippen LogP) is 4.98. The van der Waals surface area contributed by atoms with Crippen LogP contribution in [0.2, 0.25) is 0 Å². The van der Waals surface area contributed by atoms with Crippen LogP contribution in [0.3, 0.4) is 0 Å². The molecular weight excluding hydrogens is 360 g/mol. The number of aromatic nitrogens is 2. The van der Waals surface area contributed by atoms with E-state index in [1.807, 2.05) is 26.0 Å². The van der Waals surface area contributed by atoms with Gasteiger partial charge in [0, 0.05) is 18.5 Å². The highest BCUT2D eigenvalue weighted by Crippen LogP contribution is 2.27. The summed E-state index contributed by atoms with van der Waals surface area (Å²) in [7, 11) is 0. The fourth-order valence-electron chi connectivity index (χ4n) is 3.20. The molecule has 1 aromatic heterocycles. The highest BCUT2D eigenvalue weighted by atomic mass is 19.3. The van der Waals surface area contributed by atoms with Gasteiger partial charge in [0.15, 0.2) is 0 Å². The second kappa shape index (κ2) is 8.33. The summed E-state index contributed by atoms with van der Waals surface area (Å²) >= 11 is 0. The van der Waals surface area contributed by atoms with Gasteiger partial charge < -0.3 is 5.32 Å². The van der Waals surface area contributed by atoms with Crippen molar-refractivity contribution < 1.29 is 13.6 Å². The Balaban J connectivity index is 1.69. The number of carbonyl (C=O) groups is 1. The van der Waals surface area contributed by atoms with Gasteiger partial charge in [-0.1, -0.05) is 42.8 Å². The van der Waals surface area contributed by atoms with Crippen molar-refractivity contribution in [2.24, 2.45) is 0 Å². The summed E-state index contributed by atoms with van der Waals surface area (Å²) in [5.41, 5.74) is 4.12. The van der Waals surface area contributed by atoms with Gasteiger partial charge in [-0.3, -0.25) is 9.36 Å². The second-order valence-corrected chi connectivity index (χ2v) is 6.95. The van der Waals surface area contributed by atoms with Crippen molar-refractivity contribution in [2.45, 2.75) is 33.2 Å². The van der Waals surface area contributed by atoms with E-state index in [4.69, 9.17) is 0 Å². The summed E-state index contributed by atoms with van der Waals surface area (Å²) in [5, 5.41) is 2.77. The molecule has 0 aliphatic rings. The molecule has 1 heterocycles. The van der Waals surface area contributed by atoms with Crippen LogP contribution in [0.4, 0.5) is 8.78 Å². The van der Waals surface area contributed by atoms with Gasteiger partial charge in [-0.15, -0.1) is 0 Å². The third kappa shape index (κ3) is 4.27. The van der Waals surface area contributed by atoms with E-state index in [9.17, 15) is 13.6 Å². The minimum Gasteiger partial charge on any atom is -0.352 e. The van der Waals surface area contributed by atoms with Crippen LogP contribution >= 0.6 is 0 Å². The normalized spacial score (nSPS) is 12.8. The van der Waals surface area contributed by atoms with Crippen molar-refractivity contribution in [3.8, 4) is 0 Å². The number of para-hydroxylation sites is 2. The molecule has 4 nitrogen and oxygen atoms in total. The molecule has 0 unspecified atom stereocenters. The van der Waals surface area contributed by atoms with Crippen molar-refractivity contribution in [3.63, 3.8) is 0 Å². The molecule has 2 aromatic carbocycles. The van der Waals surface area contributed by atoms with Crippen LogP contribution in [0, 0.1) is 13.8 Å². The molecule has 6 heteroatoms. The van der Waals surface area contributed by atoms with Gasteiger partial charge in [-0.25, -0.2) is 4.98 Å². The molecule has 146 valence electrons. The highest BCUT2D eigenvalue weighted by Gasteiger charge is 2.21. The van der Waals surface area contributed by atoms with E-state index in [2.05, 4.69) is 16.4 Å². The number of amides is 1. The van der Waals surface area contributed by atoms with E-state index in [0.717, 1.165) is 21.3 Å². The zero-order chi connectivity index (χ0) is 20.3. The van der Waals surface area contributed by atoms with E-state index in [1.165, 1.54) is 6.08 Å². The topological polar surface area (TPSA) is 46.9 Å². The standard InChI is InChI=1S/C22H23F2N3O/c1-14-8-9-17(15(2)12-14)10-11-20(28)25-13-16(3)21-26-18-6-4-5-7-19(18)27(21)22(23)24/h4-12,16,22H,13H2,1-3H3,(H,25,28)/b11-10+/t16-/m0/s1. The number of hydrogen-bond acceptors (Lipinski definition) is 2. The molecule has 0 saturated carbocycles. The Bertz CT molecular complexity index is 1020. The van der Waals surface area contributed by atoms with Gasteiger partial charge in [0.1, 0.15) is 5.82 Å². The summed E-state index contributed by atoms with van der Waals surface area (Å²) < 4.78 is 28.0. The first kappa shape index (κ1) is 19.7. The third-order valence-electron chi connectivity index (χ3n) is 4.68. The SMILES string of the molecule is Cc1ccc(/C=C/C(=O)NC[C@H](C)c2nc3ccccc3n2C(F)F)c(C)c1. The minimum atomic E-state index is -2.69.